The predicted molar refractivity (Wildman–Crippen MR) is 87.6 cm³/mol. The Morgan fingerprint density at radius 2 is 1.64 bits per heavy atom. The average molecular weight is 354 g/mol. The van der Waals surface area contributed by atoms with E-state index < -0.39 is 24.4 Å². The molecule has 0 saturated heterocycles. The number of hydrogen-bond donors (Lipinski definition) is 2. The molecule has 0 spiro atoms. The number of carbonyl (C=O) groups excluding carboxylic acids is 3. The lowest BCUT2D eigenvalue weighted by molar-refractivity contribution is -0.148. The summed E-state index contributed by atoms with van der Waals surface area (Å²) in [7, 11) is 4.50. The van der Waals surface area contributed by atoms with Crippen molar-refractivity contribution in [2.45, 2.75) is 12.8 Å². The molecule has 3 N–H and O–H groups in total. The lowest BCUT2D eigenvalue weighted by atomic mass is 10.1. The first-order valence-corrected chi connectivity index (χ1v) is 7.40. The molecular weight excluding hydrogens is 332 g/mol. The highest BCUT2D eigenvalue weighted by molar-refractivity contribution is 5.85. The van der Waals surface area contributed by atoms with Crippen LogP contribution in [-0.2, 0) is 25.5 Å². The van der Waals surface area contributed by atoms with E-state index >= 15 is 0 Å². The molecule has 0 radical (unpaired) electrons. The van der Waals surface area contributed by atoms with Gasteiger partial charge in [0.15, 0.2) is 18.1 Å². The van der Waals surface area contributed by atoms with Crippen LogP contribution >= 0.6 is 0 Å². The van der Waals surface area contributed by atoms with Gasteiger partial charge in [-0.2, -0.15) is 0 Å². The molecule has 9 heteroatoms. The van der Waals surface area contributed by atoms with Crippen molar-refractivity contribution in [2.75, 3.05) is 34.5 Å². The van der Waals surface area contributed by atoms with E-state index in [9.17, 15) is 14.4 Å². The summed E-state index contributed by atoms with van der Waals surface area (Å²) in [6, 6.07) is 3.46. The zero-order chi connectivity index (χ0) is 18.8. The highest BCUT2D eigenvalue weighted by Crippen LogP contribution is 2.38. The Morgan fingerprint density at radius 3 is 2.12 bits per heavy atom. The summed E-state index contributed by atoms with van der Waals surface area (Å²) < 4.78 is 20.5. The van der Waals surface area contributed by atoms with Crippen molar-refractivity contribution in [3.05, 3.63) is 17.7 Å². The number of ether oxygens (including phenoxy) is 4. The van der Waals surface area contributed by atoms with Gasteiger partial charge in [-0.3, -0.25) is 14.4 Å². The molecule has 0 fully saturated rings. The Kier molecular flexibility index (Phi) is 8.04. The number of methoxy groups -OCH3 is 3. The van der Waals surface area contributed by atoms with Gasteiger partial charge in [0.2, 0.25) is 11.7 Å². The van der Waals surface area contributed by atoms with Gasteiger partial charge in [-0.25, -0.2) is 0 Å². The molecule has 0 aliphatic heterocycles. The first-order valence-electron chi connectivity index (χ1n) is 7.40. The van der Waals surface area contributed by atoms with Gasteiger partial charge < -0.3 is 30.0 Å². The fraction of sp³-hybridized carbons (Fsp3) is 0.438. The Bertz CT molecular complexity index is 606. The molecule has 0 unspecified atom stereocenters. The van der Waals surface area contributed by atoms with Crippen molar-refractivity contribution in [3.8, 4) is 17.2 Å². The van der Waals surface area contributed by atoms with Crippen LogP contribution in [-0.4, -0.2) is 52.3 Å². The van der Waals surface area contributed by atoms with E-state index in [1.807, 2.05) is 0 Å². The van der Waals surface area contributed by atoms with Crippen LogP contribution in [0.15, 0.2) is 12.1 Å². The van der Waals surface area contributed by atoms with Gasteiger partial charge in [0.25, 0.3) is 5.91 Å². The zero-order valence-electron chi connectivity index (χ0n) is 14.4. The topological polar surface area (TPSA) is 126 Å². The van der Waals surface area contributed by atoms with Crippen LogP contribution in [0.4, 0.5) is 0 Å². The Morgan fingerprint density at radius 1 is 1.04 bits per heavy atom. The van der Waals surface area contributed by atoms with Crippen LogP contribution in [0.5, 0.6) is 17.2 Å². The second kappa shape index (κ2) is 10.0. The lowest BCUT2D eigenvalue weighted by Crippen LogP contribution is -2.36. The van der Waals surface area contributed by atoms with Crippen molar-refractivity contribution in [1.82, 2.24) is 5.32 Å². The summed E-state index contributed by atoms with van der Waals surface area (Å²) in [4.78, 5) is 33.6. The zero-order valence-corrected chi connectivity index (χ0v) is 14.4. The van der Waals surface area contributed by atoms with Gasteiger partial charge in [0, 0.05) is 6.42 Å². The van der Waals surface area contributed by atoms with Crippen molar-refractivity contribution in [3.63, 3.8) is 0 Å². The average Bonchev–Trinajstić information content (AvgIpc) is 2.61. The van der Waals surface area contributed by atoms with Gasteiger partial charge in [0.05, 0.1) is 27.9 Å². The number of nitrogens with one attached hydrogen (secondary N) is 1. The number of benzene rings is 1. The number of primary amides is 1. The van der Waals surface area contributed by atoms with Crippen LogP contribution in [0.3, 0.4) is 0 Å². The third-order valence-corrected chi connectivity index (χ3v) is 3.17. The van der Waals surface area contributed by atoms with Gasteiger partial charge >= 0.3 is 5.97 Å². The van der Waals surface area contributed by atoms with Crippen LogP contribution in [0.2, 0.25) is 0 Å². The highest BCUT2D eigenvalue weighted by Gasteiger charge is 2.14. The van der Waals surface area contributed by atoms with Crippen LogP contribution in [0.25, 0.3) is 0 Å². The predicted octanol–water partition coefficient (Wildman–Crippen LogP) is -0.210. The van der Waals surface area contributed by atoms with Crippen LogP contribution in [0, 0.1) is 0 Å². The normalized spacial score (nSPS) is 9.88. The summed E-state index contributed by atoms with van der Waals surface area (Å²) in [6.07, 6.45) is 0.417. The van der Waals surface area contributed by atoms with Crippen molar-refractivity contribution >= 4 is 17.8 Å². The van der Waals surface area contributed by atoms with Crippen LogP contribution in [0.1, 0.15) is 12.0 Å². The SMILES string of the molecule is COc1cc(CCC(=O)OCC(=O)NCC(N)=O)cc(OC)c1OC. The summed E-state index contributed by atoms with van der Waals surface area (Å²) >= 11 is 0. The fourth-order valence-electron chi connectivity index (χ4n) is 1.98. The largest absolute Gasteiger partial charge is 0.493 e. The summed E-state index contributed by atoms with van der Waals surface area (Å²) in [6.45, 7) is -0.775. The van der Waals surface area contributed by atoms with E-state index in [2.05, 4.69) is 5.32 Å². The molecule has 0 aliphatic rings. The molecule has 25 heavy (non-hydrogen) atoms. The molecule has 1 rings (SSSR count). The quantitative estimate of drug-likeness (QED) is 0.557. The molecule has 1 aromatic carbocycles. The van der Waals surface area contributed by atoms with Gasteiger partial charge in [-0.15, -0.1) is 0 Å². The standard InChI is InChI=1S/C16H22N2O7/c1-22-11-6-10(7-12(23-2)16(11)24-3)4-5-15(21)25-9-14(20)18-8-13(17)19/h6-7H,4-5,8-9H2,1-3H3,(H2,17,19)(H,18,20). The van der Waals surface area contributed by atoms with Crippen molar-refractivity contribution < 1.29 is 33.3 Å². The van der Waals surface area contributed by atoms with Gasteiger partial charge in [0.1, 0.15) is 0 Å². The molecule has 0 saturated carbocycles. The summed E-state index contributed by atoms with van der Waals surface area (Å²) in [5.74, 6) is -0.403. The summed E-state index contributed by atoms with van der Waals surface area (Å²) in [5.41, 5.74) is 5.67. The number of aryl methyl sites for hydroxylation is 1. The molecule has 0 heterocycles. The minimum absolute atomic E-state index is 0.0573. The van der Waals surface area contributed by atoms with E-state index in [-0.39, 0.29) is 13.0 Å². The minimum Gasteiger partial charge on any atom is -0.493 e. The van der Waals surface area contributed by atoms with E-state index in [0.717, 1.165) is 5.56 Å². The molecule has 1 aromatic rings. The van der Waals surface area contributed by atoms with Gasteiger partial charge in [-0.05, 0) is 24.1 Å². The molecule has 0 bridgehead atoms. The second-order valence-electron chi connectivity index (χ2n) is 4.94. The Hall–Kier alpha value is -2.97. The maximum absolute atomic E-state index is 11.7. The van der Waals surface area contributed by atoms with Crippen molar-refractivity contribution in [1.29, 1.82) is 0 Å². The summed E-state index contributed by atoms with van der Waals surface area (Å²) in [5, 5.41) is 2.22. The number of amides is 2. The number of esters is 1. The first-order chi connectivity index (χ1) is 11.9. The van der Waals surface area contributed by atoms with E-state index in [4.69, 9.17) is 24.7 Å². The highest BCUT2D eigenvalue weighted by atomic mass is 16.5. The third kappa shape index (κ3) is 6.58. The Labute approximate surface area is 145 Å². The third-order valence-electron chi connectivity index (χ3n) is 3.17. The number of hydrogen-bond acceptors (Lipinski definition) is 7. The molecule has 0 aliphatic carbocycles. The Balaban J connectivity index is 2.55. The number of carbonyl (C=O) groups is 3. The van der Waals surface area contributed by atoms with E-state index in [1.54, 1.807) is 12.1 Å². The molecule has 2 amide bonds. The fourth-order valence-corrected chi connectivity index (χ4v) is 1.98. The van der Waals surface area contributed by atoms with Gasteiger partial charge in [-0.1, -0.05) is 0 Å². The number of rotatable bonds is 10. The molecular formula is C16H22N2O7. The maximum Gasteiger partial charge on any atom is 0.306 e. The van der Waals surface area contributed by atoms with Crippen LogP contribution < -0.4 is 25.3 Å². The molecule has 0 atom stereocenters. The first kappa shape index (κ1) is 20.1. The smallest absolute Gasteiger partial charge is 0.306 e. The molecule has 0 aromatic heterocycles. The second-order valence-corrected chi connectivity index (χ2v) is 4.94. The number of nitrogens with two attached hydrogens (primary N) is 1. The maximum atomic E-state index is 11.7. The minimum atomic E-state index is -0.679. The lowest BCUT2D eigenvalue weighted by Gasteiger charge is -2.14. The monoisotopic (exact) mass is 354 g/mol. The van der Waals surface area contributed by atoms with E-state index in [1.165, 1.54) is 21.3 Å². The molecule has 138 valence electrons. The van der Waals surface area contributed by atoms with E-state index in [0.29, 0.717) is 23.7 Å². The molecule has 9 nitrogen and oxygen atoms in total. The van der Waals surface area contributed by atoms with Crippen molar-refractivity contribution in [2.24, 2.45) is 5.73 Å².